The van der Waals surface area contributed by atoms with E-state index in [0.29, 0.717) is 35.7 Å². The molecule has 1 saturated heterocycles. The molecule has 8 heteroatoms. The number of carbonyl (C=O) groups is 1. The molecule has 6 nitrogen and oxygen atoms in total. The highest BCUT2D eigenvalue weighted by atomic mass is 32.2. The van der Waals surface area contributed by atoms with Crippen LogP contribution in [0.25, 0.3) is 23.0 Å². The Kier molecular flexibility index (Phi) is 7.98. The summed E-state index contributed by atoms with van der Waals surface area (Å²) >= 11 is 0. The molecule has 0 saturated carbocycles. The van der Waals surface area contributed by atoms with Crippen molar-refractivity contribution in [1.29, 1.82) is 0 Å². The predicted octanol–water partition coefficient (Wildman–Crippen LogP) is 6.03. The average molecular weight is 558 g/mol. The molecule has 2 heterocycles. The number of amides is 1. The zero-order valence-corrected chi connectivity index (χ0v) is 23.4. The Morgan fingerprint density at radius 2 is 1.75 bits per heavy atom. The van der Waals surface area contributed by atoms with E-state index >= 15 is 0 Å². The van der Waals surface area contributed by atoms with Gasteiger partial charge >= 0.3 is 0 Å². The Balaban J connectivity index is 1.46. The van der Waals surface area contributed by atoms with Crippen molar-refractivity contribution in [2.45, 2.75) is 38.8 Å². The molecule has 1 amide bonds. The van der Waals surface area contributed by atoms with Crippen molar-refractivity contribution in [3.63, 3.8) is 0 Å². The molecule has 0 aliphatic carbocycles. The standard InChI is InChI=1S/C32H32FN3O3S/c1-23(2)25-10-8-24(9-11-25)20-35(30-18-19-40(38,39)22-30)31(37)17-14-27-21-36(29-6-4-3-5-7-29)34-32(27)26-12-15-28(33)16-13-26/h3-17,21,23,30H,18-20,22H2,1-2H3. The number of sulfone groups is 1. The van der Waals surface area contributed by atoms with Gasteiger partial charge in [0.25, 0.3) is 0 Å². The van der Waals surface area contributed by atoms with E-state index in [1.54, 1.807) is 27.8 Å². The number of carbonyl (C=O) groups excluding carboxylic acids is 1. The average Bonchev–Trinajstić information content (AvgIpc) is 3.54. The minimum absolute atomic E-state index is 0.0383. The third-order valence-corrected chi connectivity index (χ3v) is 8.97. The van der Waals surface area contributed by atoms with Crippen LogP contribution in [-0.4, -0.2) is 46.6 Å². The zero-order chi connectivity index (χ0) is 28.3. The van der Waals surface area contributed by atoms with Gasteiger partial charge in [-0.2, -0.15) is 5.10 Å². The van der Waals surface area contributed by atoms with Crippen LogP contribution >= 0.6 is 0 Å². The smallest absolute Gasteiger partial charge is 0.247 e. The normalized spacial score (nSPS) is 16.6. The molecule has 4 aromatic rings. The Bertz CT molecular complexity index is 1610. The molecule has 206 valence electrons. The molecule has 0 radical (unpaired) electrons. The van der Waals surface area contributed by atoms with Gasteiger partial charge in [-0.3, -0.25) is 4.79 Å². The maximum absolute atomic E-state index is 13.6. The second kappa shape index (κ2) is 11.6. The first-order valence-electron chi connectivity index (χ1n) is 13.4. The topological polar surface area (TPSA) is 72.3 Å². The molecule has 1 fully saturated rings. The van der Waals surface area contributed by atoms with Crippen LogP contribution in [0.2, 0.25) is 0 Å². The van der Waals surface area contributed by atoms with Crippen molar-refractivity contribution in [1.82, 2.24) is 14.7 Å². The summed E-state index contributed by atoms with van der Waals surface area (Å²) in [4.78, 5) is 15.3. The van der Waals surface area contributed by atoms with Crippen molar-refractivity contribution < 1.29 is 17.6 Å². The molecule has 0 N–H and O–H groups in total. The van der Waals surface area contributed by atoms with Crippen molar-refractivity contribution in [2.24, 2.45) is 0 Å². The van der Waals surface area contributed by atoms with Crippen molar-refractivity contribution in [3.8, 4) is 16.9 Å². The van der Waals surface area contributed by atoms with Gasteiger partial charge in [-0.1, -0.05) is 56.3 Å². The number of benzene rings is 3. The first-order valence-corrected chi connectivity index (χ1v) is 15.2. The van der Waals surface area contributed by atoms with Gasteiger partial charge in [0.1, 0.15) is 5.82 Å². The van der Waals surface area contributed by atoms with Gasteiger partial charge in [0.2, 0.25) is 5.91 Å². The third-order valence-electron chi connectivity index (χ3n) is 7.22. The van der Waals surface area contributed by atoms with Crippen molar-refractivity contribution in [3.05, 3.63) is 114 Å². The van der Waals surface area contributed by atoms with Gasteiger partial charge in [-0.05, 0) is 65.9 Å². The minimum Gasteiger partial charge on any atom is -0.331 e. The molecule has 1 unspecified atom stereocenters. The van der Waals surface area contributed by atoms with Crippen LogP contribution in [0.1, 0.15) is 42.9 Å². The number of rotatable bonds is 8. The molecule has 0 spiro atoms. The van der Waals surface area contributed by atoms with Gasteiger partial charge in [-0.15, -0.1) is 0 Å². The van der Waals surface area contributed by atoms with Gasteiger partial charge in [0.05, 0.1) is 22.9 Å². The number of nitrogens with zero attached hydrogens (tertiary/aromatic N) is 3. The summed E-state index contributed by atoms with van der Waals surface area (Å²) in [5.74, 6) is -0.184. The summed E-state index contributed by atoms with van der Waals surface area (Å²) < 4.78 is 39.9. The van der Waals surface area contributed by atoms with Crippen LogP contribution in [0.15, 0.2) is 91.1 Å². The fourth-order valence-corrected chi connectivity index (χ4v) is 6.65. The second-order valence-electron chi connectivity index (χ2n) is 10.5. The lowest BCUT2D eigenvalue weighted by Gasteiger charge is -2.27. The van der Waals surface area contributed by atoms with Crippen LogP contribution in [0.5, 0.6) is 0 Å². The molecular formula is C32H32FN3O3S. The summed E-state index contributed by atoms with van der Waals surface area (Å²) in [6, 6.07) is 23.4. The van der Waals surface area contributed by atoms with E-state index in [9.17, 15) is 17.6 Å². The van der Waals surface area contributed by atoms with Gasteiger partial charge in [0.15, 0.2) is 9.84 Å². The first kappa shape index (κ1) is 27.5. The SMILES string of the molecule is CC(C)c1ccc(CN(C(=O)C=Cc2cn(-c3ccccc3)nc2-c2ccc(F)cc2)C2CCS(=O)(=O)C2)cc1. The largest absolute Gasteiger partial charge is 0.331 e. The zero-order valence-electron chi connectivity index (χ0n) is 22.6. The quantitative estimate of drug-likeness (QED) is 0.248. The highest BCUT2D eigenvalue weighted by molar-refractivity contribution is 7.91. The fourth-order valence-electron chi connectivity index (χ4n) is 4.92. The van der Waals surface area contributed by atoms with E-state index < -0.39 is 15.9 Å². The molecule has 1 aliphatic heterocycles. The van der Waals surface area contributed by atoms with E-state index in [1.165, 1.54) is 23.8 Å². The number of para-hydroxylation sites is 1. The van der Waals surface area contributed by atoms with Gasteiger partial charge in [0, 0.05) is 36.0 Å². The number of halogens is 1. The first-order chi connectivity index (χ1) is 19.2. The van der Waals surface area contributed by atoms with Crippen LogP contribution < -0.4 is 0 Å². The second-order valence-corrected chi connectivity index (χ2v) is 12.7. The lowest BCUT2D eigenvalue weighted by molar-refractivity contribution is -0.128. The molecule has 1 atom stereocenters. The van der Waals surface area contributed by atoms with Crippen LogP contribution in [0.3, 0.4) is 0 Å². The van der Waals surface area contributed by atoms with E-state index in [2.05, 4.69) is 26.0 Å². The minimum atomic E-state index is -3.19. The predicted molar refractivity (Wildman–Crippen MR) is 156 cm³/mol. The maximum atomic E-state index is 13.6. The molecule has 3 aromatic carbocycles. The third kappa shape index (κ3) is 6.39. The van der Waals surface area contributed by atoms with Crippen LogP contribution in [0.4, 0.5) is 4.39 Å². The Labute approximate surface area is 234 Å². The van der Waals surface area contributed by atoms with Gasteiger partial charge in [-0.25, -0.2) is 17.5 Å². The van der Waals surface area contributed by atoms with Crippen LogP contribution in [0, 0.1) is 5.82 Å². The van der Waals surface area contributed by atoms with E-state index in [4.69, 9.17) is 5.10 Å². The molecule has 5 rings (SSSR count). The highest BCUT2D eigenvalue weighted by Gasteiger charge is 2.34. The Hall–Kier alpha value is -4.04. The maximum Gasteiger partial charge on any atom is 0.247 e. The molecule has 0 bridgehead atoms. The van der Waals surface area contributed by atoms with Crippen LogP contribution in [-0.2, 0) is 21.2 Å². The number of hydrogen-bond donors (Lipinski definition) is 0. The van der Waals surface area contributed by atoms with Crippen molar-refractivity contribution in [2.75, 3.05) is 11.5 Å². The van der Waals surface area contributed by atoms with E-state index in [0.717, 1.165) is 11.3 Å². The molecular weight excluding hydrogens is 525 g/mol. The molecule has 40 heavy (non-hydrogen) atoms. The van der Waals surface area contributed by atoms with E-state index in [-0.39, 0.29) is 23.2 Å². The number of hydrogen-bond acceptors (Lipinski definition) is 4. The lowest BCUT2D eigenvalue weighted by Crippen LogP contribution is -2.39. The Morgan fingerprint density at radius 1 is 1.05 bits per heavy atom. The highest BCUT2D eigenvalue weighted by Crippen LogP contribution is 2.26. The molecule has 1 aliphatic rings. The van der Waals surface area contributed by atoms with Crippen molar-refractivity contribution >= 4 is 21.8 Å². The summed E-state index contributed by atoms with van der Waals surface area (Å²) in [7, 11) is -3.19. The van der Waals surface area contributed by atoms with Gasteiger partial charge < -0.3 is 4.90 Å². The van der Waals surface area contributed by atoms with E-state index in [1.807, 2.05) is 48.7 Å². The molecule has 1 aromatic heterocycles. The summed E-state index contributed by atoms with van der Waals surface area (Å²) in [5, 5.41) is 4.73. The number of aromatic nitrogens is 2. The summed E-state index contributed by atoms with van der Waals surface area (Å²) in [5.41, 5.74) is 5.00. The Morgan fingerprint density at radius 3 is 2.38 bits per heavy atom. The summed E-state index contributed by atoms with van der Waals surface area (Å²) in [6.07, 6.45) is 5.42. The fraction of sp³-hybridized carbons (Fsp3) is 0.250. The summed E-state index contributed by atoms with van der Waals surface area (Å²) in [6.45, 7) is 4.56. The lowest BCUT2D eigenvalue weighted by atomic mass is 10.0. The monoisotopic (exact) mass is 557 g/mol.